The molecule has 1 heterocycles. The van der Waals surface area contributed by atoms with Crippen LogP contribution in [0.5, 0.6) is 0 Å². The van der Waals surface area contributed by atoms with E-state index in [9.17, 15) is 0 Å². The largest absolute Gasteiger partial charge is 0.356 e. The summed E-state index contributed by atoms with van der Waals surface area (Å²) in [5.41, 5.74) is 3.67. The summed E-state index contributed by atoms with van der Waals surface area (Å²) in [5.74, 6) is 0.213. The molecule has 21 heavy (non-hydrogen) atoms. The number of benzene rings is 2. The SMILES string of the molecule is COC1CC(c2ccc(-c3ccccc3)cc2)C(OC)O1. The fraction of sp³-hybridized carbons (Fsp3) is 0.333. The summed E-state index contributed by atoms with van der Waals surface area (Å²) < 4.78 is 16.4. The van der Waals surface area contributed by atoms with Gasteiger partial charge in [0.25, 0.3) is 0 Å². The topological polar surface area (TPSA) is 27.7 Å². The van der Waals surface area contributed by atoms with Gasteiger partial charge in [-0.2, -0.15) is 0 Å². The molecule has 3 heteroatoms. The van der Waals surface area contributed by atoms with Gasteiger partial charge in [0.15, 0.2) is 12.6 Å². The Balaban J connectivity index is 1.81. The van der Waals surface area contributed by atoms with Crippen LogP contribution in [0.4, 0.5) is 0 Å². The molecule has 0 bridgehead atoms. The summed E-state index contributed by atoms with van der Waals surface area (Å²) in [5, 5.41) is 0. The van der Waals surface area contributed by atoms with Crippen LogP contribution in [0, 0.1) is 0 Å². The molecule has 110 valence electrons. The highest BCUT2D eigenvalue weighted by atomic mass is 16.8. The Labute approximate surface area is 125 Å². The highest BCUT2D eigenvalue weighted by Gasteiger charge is 2.36. The van der Waals surface area contributed by atoms with Crippen LogP contribution in [-0.4, -0.2) is 26.8 Å². The van der Waals surface area contributed by atoms with Crippen LogP contribution in [0.1, 0.15) is 17.9 Å². The van der Waals surface area contributed by atoms with Gasteiger partial charge in [-0.05, 0) is 16.7 Å². The van der Waals surface area contributed by atoms with Crippen LogP contribution in [0.25, 0.3) is 11.1 Å². The molecule has 0 radical (unpaired) electrons. The summed E-state index contributed by atoms with van der Waals surface area (Å²) in [6.07, 6.45) is 0.394. The van der Waals surface area contributed by atoms with Crippen LogP contribution >= 0.6 is 0 Å². The van der Waals surface area contributed by atoms with Crippen molar-refractivity contribution in [1.82, 2.24) is 0 Å². The first-order valence-electron chi connectivity index (χ1n) is 7.18. The molecular formula is C18H20O3. The van der Waals surface area contributed by atoms with E-state index < -0.39 is 0 Å². The molecule has 1 aliphatic heterocycles. The molecule has 3 atom stereocenters. The Kier molecular flexibility index (Phi) is 4.34. The Morgan fingerprint density at radius 3 is 2.14 bits per heavy atom. The molecule has 1 fully saturated rings. The van der Waals surface area contributed by atoms with Gasteiger partial charge >= 0.3 is 0 Å². The van der Waals surface area contributed by atoms with E-state index in [0.717, 1.165) is 6.42 Å². The minimum atomic E-state index is -0.238. The Hall–Kier alpha value is -1.68. The number of ether oxygens (including phenoxy) is 3. The first kappa shape index (κ1) is 14.3. The standard InChI is InChI=1S/C18H20O3/c1-19-17-12-16(18(20-2)21-17)15-10-8-14(9-11-15)13-6-4-3-5-7-13/h3-11,16-18H,12H2,1-2H3. The second-order valence-electron chi connectivity index (χ2n) is 5.24. The van der Waals surface area contributed by atoms with E-state index in [0.29, 0.717) is 0 Å². The lowest BCUT2D eigenvalue weighted by atomic mass is 9.94. The van der Waals surface area contributed by atoms with Gasteiger partial charge in [-0.1, -0.05) is 54.6 Å². The third-order valence-corrected chi connectivity index (χ3v) is 4.00. The molecular weight excluding hydrogens is 264 g/mol. The van der Waals surface area contributed by atoms with Crippen molar-refractivity contribution >= 4 is 0 Å². The van der Waals surface area contributed by atoms with E-state index in [2.05, 4.69) is 48.5 Å². The molecule has 2 aromatic rings. The molecule has 3 unspecified atom stereocenters. The van der Waals surface area contributed by atoms with Crippen LogP contribution in [0.3, 0.4) is 0 Å². The first-order chi connectivity index (χ1) is 10.3. The van der Waals surface area contributed by atoms with Crippen LogP contribution in [0.2, 0.25) is 0 Å². The summed E-state index contributed by atoms with van der Waals surface area (Å²) in [6.45, 7) is 0. The molecule has 0 amide bonds. The van der Waals surface area contributed by atoms with Gasteiger partial charge in [-0.3, -0.25) is 0 Å². The monoisotopic (exact) mass is 284 g/mol. The van der Waals surface area contributed by atoms with Gasteiger partial charge in [0.2, 0.25) is 0 Å². The third kappa shape index (κ3) is 3.00. The predicted molar refractivity (Wildman–Crippen MR) is 81.9 cm³/mol. The van der Waals surface area contributed by atoms with Crippen molar-refractivity contribution in [2.45, 2.75) is 24.9 Å². The van der Waals surface area contributed by atoms with Gasteiger partial charge in [-0.25, -0.2) is 0 Å². The summed E-state index contributed by atoms with van der Waals surface area (Å²) in [4.78, 5) is 0. The van der Waals surface area contributed by atoms with Crippen molar-refractivity contribution in [2.75, 3.05) is 14.2 Å². The highest BCUT2D eigenvalue weighted by Crippen LogP contribution is 2.36. The van der Waals surface area contributed by atoms with E-state index in [-0.39, 0.29) is 18.5 Å². The number of hydrogen-bond acceptors (Lipinski definition) is 3. The smallest absolute Gasteiger partial charge is 0.167 e. The fourth-order valence-electron chi connectivity index (χ4n) is 2.84. The third-order valence-electron chi connectivity index (χ3n) is 4.00. The van der Waals surface area contributed by atoms with Crippen molar-refractivity contribution in [2.24, 2.45) is 0 Å². The van der Waals surface area contributed by atoms with E-state index in [4.69, 9.17) is 14.2 Å². The van der Waals surface area contributed by atoms with Crippen molar-refractivity contribution in [3.8, 4) is 11.1 Å². The molecule has 3 nitrogen and oxygen atoms in total. The van der Waals surface area contributed by atoms with E-state index in [1.165, 1.54) is 16.7 Å². The quantitative estimate of drug-likeness (QED) is 0.854. The van der Waals surface area contributed by atoms with Crippen molar-refractivity contribution < 1.29 is 14.2 Å². The zero-order valence-electron chi connectivity index (χ0n) is 12.4. The molecule has 3 rings (SSSR count). The van der Waals surface area contributed by atoms with E-state index >= 15 is 0 Å². The average Bonchev–Trinajstić information content (AvgIpc) is 2.99. The molecule has 0 aliphatic carbocycles. The number of hydrogen-bond donors (Lipinski definition) is 0. The molecule has 0 aromatic heterocycles. The van der Waals surface area contributed by atoms with Crippen molar-refractivity contribution in [3.63, 3.8) is 0 Å². The minimum Gasteiger partial charge on any atom is -0.356 e. The van der Waals surface area contributed by atoms with Crippen LogP contribution in [0.15, 0.2) is 54.6 Å². The Bertz CT molecular complexity index is 565. The van der Waals surface area contributed by atoms with Crippen LogP contribution < -0.4 is 0 Å². The second-order valence-corrected chi connectivity index (χ2v) is 5.24. The molecule has 1 aliphatic rings. The van der Waals surface area contributed by atoms with Crippen molar-refractivity contribution in [1.29, 1.82) is 0 Å². The maximum atomic E-state index is 5.70. The van der Waals surface area contributed by atoms with E-state index in [1.807, 2.05) is 6.07 Å². The highest BCUT2D eigenvalue weighted by molar-refractivity contribution is 5.63. The lowest BCUT2D eigenvalue weighted by Gasteiger charge is -2.17. The van der Waals surface area contributed by atoms with Crippen LogP contribution in [-0.2, 0) is 14.2 Å². The Morgan fingerprint density at radius 2 is 1.52 bits per heavy atom. The Morgan fingerprint density at radius 1 is 0.857 bits per heavy atom. The fourth-order valence-corrected chi connectivity index (χ4v) is 2.84. The second kappa shape index (κ2) is 6.39. The molecule has 0 spiro atoms. The molecule has 1 saturated heterocycles. The lowest BCUT2D eigenvalue weighted by Crippen LogP contribution is -2.17. The van der Waals surface area contributed by atoms with Gasteiger partial charge in [-0.15, -0.1) is 0 Å². The summed E-state index contributed by atoms with van der Waals surface area (Å²) in [6, 6.07) is 19.0. The van der Waals surface area contributed by atoms with Gasteiger partial charge in [0.05, 0.1) is 0 Å². The lowest BCUT2D eigenvalue weighted by molar-refractivity contribution is -0.188. The zero-order chi connectivity index (χ0) is 14.7. The average molecular weight is 284 g/mol. The van der Waals surface area contributed by atoms with Gasteiger partial charge < -0.3 is 14.2 Å². The summed E-state index contributed by atoms with van der Waals surface area (Å²) in [7, 11) is 3.34. The number of methoxy groups -OCH3 is 2. The number of rotatable bonds is 4. The van der Waals surface area contributed by atoms with Crippen molar-refractivity contribution in [3.05, 3.63) is 60.2 Å². The summed E-state index contributed by atoms with van der Waals surface area (Å²) >= 11 is 0. The molecule has 2 aromatic carbocycles. The maximum Gasteiger partial charge on any atom is 0.167 e. The molecule has 0 saturated carbocycles. The maximum absolute atomic E-state index is 5.70. The van der Waals surface area contributed by atoms with E-state index in [1.54, 1.807) is 14.2 Å². The first-order valence-corrected chi connectivity index (χ1v) is 7.18. The van der Waals surface area contributed by atoms with Gasteiger partial charge in [0.1, 0.15) is 0 Å². The minimum absolute atomic E-state index is 0.186. The normalized spacial score (nSPS) is 25.1. The molecule has 0 N–H and O–H groups in total. The zero-order valence-corrected chi connectivity index (χ0v) is 12.4. The van der Waals surface area contributed by atoms with Gasteiger partial charge in [0, 0.05) is 26.6 Å². The predicted octanol–water partition coefficient (Wildman–Crippen LogP) is 3.80.